The molecular formula is C20H36N2O. The third-order valence-corrected chi connectivity index (χ3v) is 3.05. The molecule has 0 aliphatic rings. The summed E-state index contributed by atoms with van der Waals surface area (Å²) in [5.74, 6) is -0.211. The summed E-state index contributed by atoms with van der Waals surface area (Å²) in [7, 11) is 0. The van der Waals surface area contributed by atoms with Crippen molar-refractivity contribution in [1.29, 1.82) is 0 Å². The highest BCUT2D eigenvalue weighted by molar-refractivity contribution is 5.82. The van der Waals surface area contributed by atoms with Crippen LogP contribution in [0.5, 0.6) is 0 Å². The molecule has 0 saturated heterocycles. The molecule has 1 aromatic carbocycles. The Bertz CT molecular complexity index is 501. The number of rotatable bonds is 4. The summed E-state index contributed by atoms with van der Waals surface area (Å²) in [6, 6.07) is 8.40. The topological polar surface area (TPSA) is 58.9 Å². The molecule has 132 valence electrons. The van der Waals surface area contributed by atoms with Gasteiger partial charge in [0, 0.05) is 23.5 Å². The molecule has 3 heteroatoms. The molecule has 1 heterocycles. The molecule has 3 nitrogen and oxygen atoms in total. The number of hydrogen-bond donors (Lipinski definition) is 2. The minimum atomic E-state index is -0.211. The molecule has 0 radical (unpaired) electrons. The third kappa shape index (κ3) is 11.5. The number of benzene rings is 1. The van der Waals surface area contributed by atoms with E-state index < -0.39 is 0 Å². The highest BCUT2D eigenvalue weighted by Crippen LogP contribution is 2.17. The molecule has 0 atom stereocenters. The second-order valence-corrected chi connectivity index (χ2v) is 4.93. The van der Waals surface area contributed by atoms with Crippen LogP contribution in [0.3, 0.4) is 0 Å². The summed E-state index contributed by atoms with van der Waals surface area (Å²) in [6.45, 7) is 12.5. The third-order valence-electron chi connectivity index (χ3n) is 3.05. The molecule has 0 fully saturated rings. The first-order valence-corrected chi connectivity index (χ1v) is 8.93. The Morgan fingerprint density at radius 1 is 1.00 bits per heavy atom. The van der Waals surface area contributed by atoms with Crippen LogP contribution >= 0.6 is 0 Å². The fraction of sp³-hybridized carbons (Fsp3) is 0.550. The standard InChI is InChI=1S/C10H11N.C4H9NO.C4H10.C2H6/c1-2-8-7-11-10-6-4-3-5-9(8)10;1-2-3-4(5)6;1-3-4-2;1-2/h3-7,11H,2H2,1H3;2-3H2,1H3,(H2,5,6);3-4H2,1-2H3;1-2H3. The van der Waals surface area contributed by atoms with Gasteiger partial charge in [0.1, 0.15) is 0 Å². The Hall–Kier alpha value is -1.77. The smallest absolute Gasteiger partial charge is 0.217 e. The van der Waals surface area contributed by atoms with Crippen LogP contribution in [0.1, 0.15) is 72.8 Å². The van der Waals surface area contributed by atoms with E-state index in [0.29, 0.717) is 6.42 Å². The van der Waals surface area contributed by atoms with E-state index in [0.717, 1.165) is 12.8 Å². The van der Waals surface area contributed by atoms with Crippen LogP contribution in [0.15, 0.2) is 30.5 Å². The molecule has 1 aromatic heterocycles. The molecule has 2 aromatic rings. The monoisotopic (exact) mass is 320 g/mol. The number of unbranched alkanes of at least 4 members (excludes halogenated alkanes) is 1. The number of amides is 1. The van der Waals surface area contributed by atoms with Gasteiger partial charge in [0.25, 0.3) is 0 Å². The normalized spacial score (nSPS) is 8.78. The van der Waals surface area contributed by atoms with Crippen molar-refractivity contribution in [3.8, 4) is 0 Å². The summed E-state index contributed by atoms with van der Waals surface area (Å²) >= 11 is 0. The molecular weight excluding hydrogens is 284 g/mol. The molecule has 0 unspecified atom stereocenters. The number of nitrogens with two attached hydrogens (primary N) is 1. The van der Waals surface area contributed by atoms with Gasteiger partial charge in [-0.25, -0.2) is 0 Å². The lowest BCUT2D eigenvalue weighted by Crippen LogP contribution is -2.08. The number of primary amides is 1. The molecule has 2 rings (SSSR count). The second-order valence-electron chi connectivity index (χ2n) is 4.93. The van der Waals surface area contributed by atoms with Crippen molar-refractivity contribution in [3.05, 3.63) is 36.0 Å². The maximum atomic E-state index is 9.82. The highest BCUT2D eigenvalue weighted by Gasteiger charge is 1.97. The van der Waals surface area contributed by atoms with E-state index in [-0.39, 0.29) is 5.91 Å². The Balaban J connectivity index is 0. The van der Waals surface area contributed by atoms with Crippen LogP contribution in [0.2, 0.25) is 0 Å². The van der Waals surface area contributed by atoms with E-state index in [1.165, 1.54) is 29.3 Å². The van der Waals surface area contributed by atoms with Crippen molar-refractivity contribution < 1.29 is 4.79 Å². The highest BCUT2D eigenvalue weighted by atomic mass is 16.1. The Morgan fingerprint density at radius 3 is 1.96 bits per heavy atom. The van der Waals surface area contributed by atoms with Gasteiger partial charge in [-0.05, 0) is 24.5 Å². The quantitative estimate of drug-likeness (QED) is 0.731. The van der Waals surface area contributed by atoms with E-state index >= 15 is 0 Å². The maximum absolute atomic E-state index is 9.82. The molecule has 0 spiro atoms. The Labute approximate surface area is 142 Å². The van der Waals surface area contributed by atoms with E-state index in [1.807, 2.05) is 20.8 Å². The van der Waals surface area contributed by atoms with Gasteiger partial charge in [-0.2, -0.15) is 0 Å². The summed E-state index contributed by atoms with van der Waals surface area (Å²) in [6.07, 6.45) is 7.20. The average Bonchev–Trinajstić information content (AvgIpc) is 3.00. The van der Waals surface area contributed by atoms with Crippen molar-refractivity contribution in [3.63, 3.8) is 0 Å². The van der Waals surface area contributed by atoms with Gasteiger partial charge in [-0.15, -0.1) is 0 Å². The Morgan fingerprint density at radius 2 is 1.57 bits per heavy atom. The zero-order chi connectivity index (χ0) is 18.1. The molecule has 23 heavy (non-hydrogen) atoms. The summed E-state index contributed by atoms with van der Waals surface area (Å²) < 4.78 is 0. The lowest BCUT2D eigenvalue weighted by Gasteiger charge is -1.90. The Kier molecular flexibility index (Phi) is 17.0. The van der Waals surface area contributed by atoms with Crippen LogP contribution in [-0.2, 0) is 11.2 Å². The number of nitrogens with one attached hydrogen (secondary N) is 1. The van der Waals surface area contributed by atoms with Gasteiger partial charge in [-0.1, -0.05) is 72.6 Å². The zero-order valence-corrected chi connectivity index (χ0v) is 15.9. The number of aromatic amines is 1. The first-order chi connectivity index (χ1) is 11.1. The number of fused-ring (bicyclic) bond motifs is 1. The van der Waals surface area contributed by atoms with Crippen molar-refractivity contribution in [2.75, 3.05) is 0 Å². The van der Waals surface area contributed by atoms with E-state index in [1.54, 1.807) is 0 Å². The predicted octanol–water partition coefficient (Wildman–Crippen LogP) is 5.83. The number of para-hydroxylation sites is 1. The molecule has 0 saturated carbocycles. The van der Waals surface area contributed by atoms with Crippen molar-refractivity contribution in [2.45, 2.75) is 73.6 Å². The van der Waals surface area contributed by atoms with Gasteiger partial charge < -0.3 is 10.7 Å². The zero-order valence-electron chi connectivity index (χ0n) is 15.9. The molecule has 0 bridgehead atoms. The van der Waals surface area contributed by atoms with E-state index in [4.69, 9.17) is 5.73 Å². The van der Waals surface area contributed by atoms with Crippen molar-refractivity contribution in [2.24, 2.45) is 5.73 Å². The maximum Gasteiger partial charge on any atom is 0.217 e. The number of aromatic nitrogens is 1. The summed E-state index contributed by atoms with van der Waals surface area (Å²) in [4.78, 5) is 13.1. The first kappa shape index (κ1) is 23.5. The minimum absolute atomic E-state index is 0.211. The SMILES string of the molecule is CC.CCCC.CCCC(N)=O.CCc1c[nH]c2ccccc12. The van der Waals surface area contributed by atoms with E-state index in [9.17, 15) is 4.79 Å². The summed E-state index contributed by atoms with van der Waals surface area (Å²) in [5.41, 5.74) is 7.41. The van der Waals surface area contributed by atoms with Gasteiger partial charge in [0.15, 0.2) is 0 Å². The average molecular weight is 321 g/mol. The molecule has 1 amide bonds. The minimum Gasteiger partial charge on any atom is -0.370 e. The largest absolute Gasteiger partial charge is 0.370 e. The lowest BCUT2D eigenvalue weighted by atomic mass is 10.1. The lowest BCUT2D eigenvalue weighted by molar-refractivity contribution is -0.118. The molecule has 0 aliphatic carbocycles. The van der Waals surface area contributed by atoms with Crippen LogP contribution in [0, 0.1) is 0 Å². The fourth-order valence-electron chi connectivity index (χ4n) is 1.67. The van der Waals surface area contributed by atoms with Crippen molar-refractivity contribution >= 4 is 16.8 Å². The predicted molar refractivity (Wildman–Crippen MR) is 104 cm³/mol. The molecule has 0 aliphatic heterocycles. The van der Waals surface area contributed by atoms with Crippen LogP contribution in [-0.4, -0.2) is 10.9 Å². The number of carbonyl (C=O) groups is 1. The fourth-order valence-corrected chi connectivity index (χ4v) is 1.67. The van der Waals surface area contributed by atoms with Gasteiger partial charge in [0.05, 0.1) is 0 Å². The summed E-state index contributed by atoms with van der Waals surface area (Å²) in [5, 5.41) is 1.36. The van der Waals surface area contributed by atoms with E-state index in [2.05, 4.69) is 56.2 Å². The number of H-pyrrole nitrogens is 1. The van der Waals surface area contributed by atoms with Crippen LogP contribution < -0.4 is 5.73 Å². The van der Waals surface area contributed by atoms with Crippen LogP contribution in [0.25, 0.3) is 10.9 Å². The number of aryl methyl sites for hydroxylation is 1. The van der Waals surface area contributed by atoms with Gasteiger partial charge >= 0.3 is 0 Å². The van der Waals surface area contributed by atoms with Crippen LogP contribution in [0.4, 0.5) is 0 Å². The molecule has 3 N–H and O–H groups in total. The van der Waals surface area contributed by atoms with Gasteiger partial charge in [-0.3, -0.25) is 4.79 Å². The first-order valence-electron chi connectivity index (χ1n) is 8.93. The number of carbonyl (C=O) groups excluding carboxylic acids is 1. The van der Waals surface area contributed by atoms with Crippen molar-refractivity contribution in [1.82, 2.24) is 4.98 Å². The van der Waals surface area contributed by atoms with Gasteiger partial charge in [0.2, 0.25) is 5.91 Å². The number of hydrogen-bond acceptors (Lipinski definition) is 1. The second kappa shape index (κ2) is 16.6.